The summed E-state index contributed by atoms with van der Waals surface area (Å²) in [5, 5.41) is 3.52. The minimum Gasteiger partial charge on any atom is -0.489 e. The molecule has 2 heterocycles. The summed E-state index contributed by atoms with van der Waals surface area (Å²) < 4.78 is 6.87. The normalized spacial score (nSPS) is 17.4. The highest BCUT2D eigenvalue weighted by Crippen LogP contribution is 2.35. The zero-order valence-corrected chi connectivity index (χ0v) is 12.1. The van der Waals surface area contributed by atoms with E-state index in [0.29, 0.717) is 6.61 Å². The lowest BCUT2D eigenvalue weighted by molar-refractivity contribution is 0.286. The molecule has 0 saturated heterocycles. The van der Waals surface area contributed by atoms with Crippen LogP contribution in [0.5, 0.6) is 5.75 Å². The van der Waals surface area contributed by atoms with Crippen molar-refractivity contribution < 1.29 is 4.74 Å². The molecule has 2 N–H and O–H groups in total. The molecular weight excluding hydrogens is 318 g/mol. The number of nitrogens with zero attached hydrogens (tertiary/aromatic N) is 1. The monoisotopic (exact) mass is 329 g/mol. The Morgan fingerprint density at radius 3 is 3.10 bits per heavy atom. The highest BCUT2D eigenvalue weighted by Gasteiger charge is 2.20. The third kappa shape index (κ3) is 1.94. The SMILES string of the molecule is Brc1ccc2c(c1)OCC(c1ccc3nc[nH]c3c1)N2. The summed E-state index contributed by atoms with van der Waals surface area (Å²) in [5.74, 6) is 0.887. The van der Waals surface area contributed by atoms with Crippen LogP contribution in [-0.4, -0.2) is 16.6 Å². The van der Waals surface area contributed by atoms with E-state index in [0.717, 1.165) is 26.9 Å². The minimum atomic E-state index is 0.149. The second-order valence-electron chi connectivity index (χ2n) is 4.83. The summed E-state index contributed by atoms with van der Waals surface area (Å²) in [6.07, 6.45) is 1.71. The average Bonchev–Trinajstić information content (AvgIpc) is 2.94. The smallest absolute Gasteiger partial charge is 0.143 e. The first kappa shape index (κ1) is 11.8. The van der Waals surface area contributed by atoms with Gasteiger partial charge in [-0.2, -0.15) is 0 Å². The summed E-state index contributed by atoms with van der Waals surface area (Å²) in [7, 11) is 0. The van der Waals surface area contributed by atoms with Gasteiger partial charge in [0.25, 0.3) is 0 Å². The summed E-state index contributed by atoms with van der Waals surface area (Å²) >= 11 is 3.45. The molecule has 1 atom stereocenters. The molecule has 0 saturated carbocycles. The summed E-state index contributed by atoms with van der Waals surface area (Å²) in [6, 6.07) is 12.4. The van der Waals surface area contributed by atoms with Crippen molar-refractivity contribution in [2.75, 3.05) is 11.9 Å². The maximum Gasteiger partial charge on any atom is 0.143 e. The highest BCUT2D eigenvalue weighted by molar-refractivity contribution is 9.10. The van der Waals surface area contributed by atoms with Gasteiger partial charge in [-0.1, -0.05) is 22.0 Å². The lowest BCUT2D eigenvalue weighted by atomic mass is 10.0. The molecule has 0 fully saturated rings. The molecular formula is C15H12BrN3O. The Kier molecular flexibility index (Phi) is 2.67. The van der Waals surface area contributed by atoms with Crippen molar-refractivity contribution in [3.63, 3.8) is 0 Å². The van der Waals surface area contributed by atoms with E-state index in [1.807, 2.05) is 24.3 Å². The summed E-state index contributed by atoms with van der Waals surface area (Å²) in [5.41, 5.74) is 4.24. The lowest BCUT2D eigenvalue weighted by Gasteiger charge is -2.28. The molecule has 5 heteroatoms. The fraction of sp³-hybridized carbons (Fsp3) is 0.133. The van der Waals surface area contributed by atoms with Gasteiger partial charge in [0.05, 0.1) is 29.1 Å². The second-order valence-corrected chi connectivity index (χ2v) is 5.74. The Morgan fingerprint density at radius 2 is 2.15 bits per heavy atom. The van der Waals surface area contributed by atoms with Crippen LogP contribution in [0, 0.1) is 0 Å². The van der Waals surface area contributed by atoms with E-state index < -0.39 is 0 Å². The van der Waals surface area contributed by atoms with Gasteiger partial charge in [-0.05, 0) is 35.9 Å². The van der Waals surface area contributed by atoms with E-state index in [9.17, 15) is 0 Å². The number of ether oxygens (including phenoxy) is 1. The van der Waals surface area contributed by atoms with E-state index in [-0.39, 0.29) is 6.04 Å². The van der Waals surface area contributed by atoms with Crippen molar-refractivity contribution in [1.29, 1.82) is 0 Å². The Morgan fingerprint density at radius 1 is 1.20 bits per heavy atom. The van der Waals surface area contributed by atoms with Gasteiger partial charge < -0.3 is 15.0 Å². The molecule has 2 aromatic carbocycles. The molecule has 1 aliphatic heterocycles. The van der Waals surface area contributed by atoms with Crippen molar-refractivity contribution in [2.45, 2.75) is 6.04 Å². The van der Waals surface area contributed by atoms with Crippen molar-refractivity contribution in [2.24, 2.45) is 0 Å². The Hall–Kier alpha value is -2.01. The molecule has 0 aliphatic carbocycles. The first-order valence-corrected chi connectivity index (χ1v) is 7.21. The van der Waals surface area contributed by atoms with Gasteiger partial charge in [0.15, 0.2) is 0 Å². The zero-order valence-electron chi connectivity index (χ0n) is 10.6. The molecule has 0 bridgehead atoms. The van der Waals surface area contributed by atoms with Crippen LogP contribution in [0.25, 0.3) is 11.0 Å². The number of hydrogen-bond donors (Lipinski definition) is 2. The van der Waals surface area contributed by atoms with Gasteiger partial charge in [0.1, 0.15) is 12.4 Å². The Bertz CT molecular complexity index is 784. The number of halogens is 1. The van der Waals surface area contributed by atoms with E-state index in [1.54, 1.807) is 6.33 Å². The molecule has 1 aromatic heterocycles. The third-order valence-corrected chi connectivity index (χ3v) is 4.02. The quantitative estimate of drug-likeness (QED) is 0.712. The van der Waals surface area contributed by atoms with E-state index in [2.05, 4.69) is 43.3 Å². The number of H-pyrrole nitrogens is 1. The Balaban J connectivity index is 1.68. The fourth-order valence-corrected chi connectivity index (χ4v) is 2.83. The fourth-order valence-electron chi connectivity index (χ4n) is 2.49. The van der Waals surface area contributed by atoms with Gasteiger partial charge in [0.2, 0.25) is 0 Å². The molecule has 4 rings (SSSR count). The number of rotatable bonds is 1. The van der Waals surface area contributed by atoms with E-state index in [1.165, 1.54) is 5.56 Å². The minimum absolute atomic E-state index is 0.149. The van der Waals surface area contributed by atoms with Crippen LogP contribution >= 0.6 is 15.9 Å². The first-order chi connectivity index (χ1) is 9.79. The predicted molar refractivity (Wildman–Crippen MR) is 82.1 cm³/mol. The predicted octanol–water partition coefficient (Wildman–Crippen LogP) is 3.87. The zero-order chi connectivity index (χ0) is 13.5. The third-order valence-electron chi connectivity index (χ3n) is 3.53. The molecule has 1 aliphatic rings. The summed E-state index contributed by atoms with van der Waals surface area (Å²) in [4.78, 5) is 7.38. The number of imidazole rings is 1. The molecule has 100 valence electrons. The molecule has 0 radical (unpaired) electrons. The van der Waals surface area contributed by atoms with Crippen molar-refractivity contribution >= 4 is 32.7 Å². The number of aromatic nitrogens is 2. The lowest BCUT2D eigenvalue weighted by Crippen LogP contribution is -2.23. The van der Waals surface area contributed by atoms with Gasteiger partial charge in [-0.15, -0.1) is 0 Å². The number of hydrogen-bond acceptors (Lipinski definition) is 3. The average molecular weight is 330 g/mol. The van der Waals surface area contributed by atoms with Gasteiger partial charge in [-0.3, -0.25) is 0 Å². The first-order valence-electron chi connectivity index (χ1n) is 6.41. The van der Waals surface area contributed by atoms with Gasteiger partial charge in [-0.25, -0.2) is 4.98 Å². The highest BCUT2D eigenvalue weighted by atomic mass is 79.9. The molecule has 1 unspecified atom stereocenters. The van der Waals surface area contributed by atoms with Gasteiger partial charge >= 0.3 is 0 Å². The van der Waals surface area contributed by atoms with Crippen LogP contribution < -0.4 is 10.1 Å². The van der Waals surface area contributed by atoms with Crippen molar-refractivity contribution in [3.05, 3.63) is 52.8 Å². The van der Waals surface area contributed by atoms with Crippen LogP contribution in [0.1, 0.15) is 11.6 Å². The van der Waals surface area contributed by atoms with E-state index >= 15 is 0 Å². The second kappa shape index (κ2) is 4.52. The van der Waals surface area contributed by atoms with Crippen molar-refractivity contribution in [1.82, 2.24) is 9.97 Å². The van der Waals surface area contributed by atoms with Crippen LogP contribution in [0.15, 0.2) is 47.2 Å². The maximum absolute atomic E-state index is 5.85. The number of aromatic amines is 1. The molecule has 0 spiro atoms. The topological polar surface area (TPSA) is 49.9 Å². The number of benzene rings is 2. The van der Waals surface area contributed by atoms with Crippen LogP contribution in [0.2, 0.25) is 0 Å². The number of nitrogens with one attached hydrogen (secondary N) is 2. The molecule has 0 amide bonds. The van der Waals surface area contributed by atoms with Gasteiger partial charge in [0, 0.05) is 4.47 Å². The van der Waals surface area contributed by atoms with Crippen LogP contribution in [-0.2, 0) is 0 Å². The maximum atomic E-state index is 5.85. The van der Waals surface area contributed by atoms with Crippen LogP contribution in [0.3, 0.4) is 0 Å². The standard InChI is InChI=1S/C15H12BrN3O/c16-10-2-4-12-15(6-10)20-7-14(19-12)9-1-3-11-13(5-9)18-8-17-11/h1-6,8,14,19H,7H2,(H,17,18). The molecule has 20 heavy (non-hydrogen) atoms. The number of fused-ring (bicyclic) bond motifs is 2. The van der Waals surface area contributed by atoms with Crippen molar-refractivity contribution in [3.8, 4) is 5.75 Å². The molecule has 3 aromatic rings. The van der Waals surface area contributed by atoms with Crippen LogP contribution in [0.4, 0.5) is 5.69 Å². The Labute approximate surface area is 124 Å². The van der Waals surface area contributed by atoms with E-state index in [4.69, 9.17) is 4.74 Å². The number of anilines is 1. The molecule has 4 nitrogen and oxygen atoms in total. The largest absolute Gasteiger partial charge is 0.489 e. The summed E-state index contributed by atoms with van der Waals surface area (Å²) in [6.45, 7) is 0.614.